The van der Waals surface area contributed by atoms with Crippen LogP contribution in [0.1, 0.15) is 25.7 Å². The summed E-state index contributed by atoms with van der Waals surface area (Å²) in [5.74, 6) is 3.28. The topological polar surface area (TPSA) is 15.3 Å². The monoisotopic (exact) mass is 196 g/mol. The molecule has 2 aliphatic rings. The molecule has 0 saturated heterocycles. The molecule has 0 radical (unpaired) electrons. The first kappa shape index (κ1) is 10.4. The van der Waals surface area contributed by atoms with Gasteiger partial charge in [0.05, 0.1) is 0 Å². The van der Waals surface area contributed by atoms with Crippen molar-refractivity contribution in [2.75, 3.05) is 33.7 Å². The molecule has 2 fully saturated rings. The minimum Gasteiger partial charge on any atom is -0.318 e. The molecule has 2 nitrogen and oxygen atoms in total. The molecule has 2 aliphatic carbocycles. The summed E-state index contributed by atoms with van der Waals surface area (Å²) < 4.78 is 0. The first-order chi connectivity index (χ1) is 6.83. The summed E-state index contributed by atoms with van der Waals surface area (Å²) in [6, 6.07) is 0. The van der Waals surface area contributed by atoms with E-state index in [2.05, 4.69) is 17.3 Å². The Kier molecular flexibility index (Phi) is 3.45. The zero-order valence-corrected chi connectivity index (χ0v) is 9.63. The highest BCUT2D eigenvalue weighted by Crippen LogP contribution is 2.55. The van der Waals surface area contributed by atoms with Crippen molar-refractivity contribution >= 4 is 0 Å². The van der Waals surface area contributed by atoms with Gasteiger partial charge in [-0.05, 0) is 44.7 Å². The molecule has 0 aromatic carbocycles. The van der Waals surface area contributed by atoms with E-state index in [-0.39, 0.29) is 0 Å². The predicted octanol–water partition coefficient (Wildman–Crippen LogP) is 1.57. The van der Waals surface area contributed by atoms with Crippen LogP contribution < -0.4 is 5.32 Å². The smallest absolute Gasteiger partial charge is 0.0104 e. The van der Waals surface area contributed by atoms with Crippen LogP contribution >= 0.6 is 0 Å². The lowest BCUT2D eigenvalue weighted by Crippen LogP contribution is -2.29. The third-order valence-corrected chi connectivity index (χ3v) is 4.10. The summed E-state index contributed by atoms with van der Waals surface area (Å²) in [5, 5.41) is 3.21. The fourth-order valence-corrected chi connectivity index (χ4v) is 3.17. The maximum Gasteiger partial charge on any atom is 0.0104 e. The minimum atomic E-state index is 1.05. The molecular formula is C12H24N2. The maximum atomic E-state index is 3.21. The summed E-state index contributed by atoms with van der Waals surface area (Å²) in [4.78, 5) is 2.50. The molecule has 82 valence electrons. The van der Waals surface area contributed by atoms with Crippen molar-refractivity contribution in [1.82, 2.24) is 10.2 Å². The average molecular weight is 196 g/mol. The van der Waals surface area contributed by atoms with E-state index in [9.17, 15) is 0 Å². The number of nitrogens with one attached hydrogen (secondary N) is 1. The van der Waals surface area contributed by atoms with Gasteiger partial charge in [0, 0.05) is 19.6 Å². The van der Waals surface area contributed by atoms with Gasteiger partial charge in [0.2, 0.25) is 0 Å². The van der Waals surface area contributed by atoms with Crippen molar-refractivity contribution < 1.29 is 0 Å². The minimum absolute atomic E-state index is 1.05. The van der Waals surface area contributed by atoms with E-state index in [1.807, 2.05) is 7.05 Å². The van der Waals surface area contributed by atoms with Crippen LogP contribution in [0, 0.1) is 17.8 Å². The second-order valence-corrected chi connectivity index (χ2v) is 5.14. The molecule has 2 rings (SSSR count). The molecule has 2 atom stereocenters. The van der Waals surface area contributed by atoms with Crippen LogP contribution in [0.3, 0.4) is 0 Å². The van der Waals surface area contributed by atoms with Crippen molar-refractivity contribution in [1.29, 1.82) is 0 Å². The van der Waals surface area contributed by atoms with Crippen molar-refractivity contribution in [3.8, 4) is 0 Å². The van der Waals surface area contributed by atoms with Gasteiger partial charge in [-0.3, -0.25) is 0 Å². The molecule has 1 N–H and O–H groups in total. The second-order valence-electron chi connectivity index (χ2n) is 5.14. The van der Waals surface area contributed by atoms with Crippen molar-refractivity contribution in [2.24, 2.45) is 17.8 Å². The summed E-state index contributed by atoms with van der Waals surface area (Å²) >= 11 is 0. The van der Waals surface area contributed by atoms with Crippen LogP contribution in [-0.4, -0.2) is 38.6 Å². The first-order valence-corrected chi connectivity index (χ1v) is 6.16. The molecule has 0 aliphatic heterocycles. The summed E-state index contributed by atoms with van der Waals surface area (Å²) in [5.41, 5.74) is 0. The lowest BCUT2D eigenvalue weighted by Gasteiger charge is -2.16. The molecule has 2 saturated carbocycles. The number of fused-ring (bicyclic) bond motifs is 1. The highest BCUT2D eigenvalue weighted by atomic mass is 15.1. The second kappa shape index (κ2) is 4.63. The van der Waals surface area contributed by atoms with E-state index in [1.54, 1.807) is 0 Å². The number of rotatable bonds is 5. The molecule has 0 spiro atoms. The Morgan fingerprint density at radius 1 is 1.21 bits per heavy atom. The molecule has 2 unspecified atom stereocenters. The van der Waals surface area contributed by atoms with Crippen molar-refractivity contribution in [3.05, 3.63) is 0 Å². The highest BCUT2D eigenvalue weighted by Gasteiger charge is 2.50. The summed E-state index contributed by atoms with van der Waals surface area (Å²) in [6.45, 7) is 3.67. The lowest BCUT2D eigenvalue weighted by molar-refractivity contribution is 0.310. The van der Waals surface area contributed by atoms with Gasteiger partial charge in [0.1, 0.15) is 0 Å². The molecule has 0 bridgehead atoms. The van der Waals surface area contributed by atoms with Crippen LogP contribution in [0.4, 0.5) is 0 Å². The number of hydrogen-bond donors (Lipinski definition) is 1. The Hall–Kier alpha value is -0.0800. The highest BCUT2D eigenvalue weighted by molar-refractivity contribution is 4.99. The largest absolute Gasteiger partial charge is 0.318 e. The van der Waals surface area contributed by atoms with Gasteiger partial charge >= 0.3 is 0 Å². The number of likely N-dealkylation sites (N-methyl/N-ethyl adjacent to an activating group) is 2. The van der Waals surface area contributed by atoms with Gasteiger partial charge < -0.3 is 10.2 Å². The van der Waals surface area contributed by atoms with Crippen LogP contribution in [0.5, 0.6) is 0 Å². The molecule has 0 heterocycles. The summed E-state index contributed by atoms with van der Waals surface area (Å²) in [7, 11) is 4.30. The van der Waals surface area contributed by atoms with E-state index in [0.29, 0.717) is 0 Å². The Labute approximate surface area is 88.1 Å². The van der Waals surface area contributed by atoms with E-state index < -0.39 is 0 Å². The molecule has 0 aromatic heterocycles. The Balaban J connectivity index is 1.66. The van der Waals surface area contributed by atoms with E-state index in [0.717, 1.165) is 24.3 Å². The third-order valence-electron chi connectivity index (χ3n) is 4.10. The fraction of sp³-hybridized carbons (Fsp3) is 1.00. The predicted molar refractivity (Wildman–Crippen MR) is 60.4 cm³/mol. The van der Waals surface area contributed by atoms with Crippen LogP contribution in [0.15, 0.2) is 0 Å². The Morgan fingerprint density at radius 2 is 1.86 bits per heavy atom. The maximum absolute atomic E-state index is 3.21. The zero-order chi connectivity index (χ0) is 9.97. The molecule has 0 aromatic rings. The van der Waals surface area contributed by atoms with Gasteiger partial charge in [-0.25, -0.2) is 0 Å². The van der Waals surface area contributed by atoms with Gasteiger partial charge in [0.15, 0.2) is 0 Å². The van der Waals surface area contributed by atoms with Crippen molar-refractivity contribution in [3.63, 3.8) is 0 Å². The standard InChI is InChI=1S/C12H24N2/c1-13-7-8-14(2)9-12-10-5-3-4-6-11(10)12/h10-13H,3-9H2,1-2H3. The quantitative estimate of drug-likeness (QED) is 0.718. The van der Waals surface area contributed by atoms with E-state index in [1.165, 1.54) is 38.8 Å². The van der Waals surface area contributed by atoms with Crippen molar-refractivity contribution in [2.45, 2.75) is 25.7 Å². The van der Waals surface area contributed by atoms with Gasteiger partial charge in [0.25, 0.3) is 0 Å². The van der Waals surface area contributed by atoms with Crippen LogP contribution in [-0.2, 0) is 0 Å². The van der Waals surface area contributed by atoms with Crippen LogP contribution in [0.2, 0.25) is 0 Å². The summed E-state index contributed by atoms with van der Waals surface area (Å²) in [6.07, 6.45) is 6.04. The molecular weight excluding hydrogens is 172 g/mol. The Bertz CT molecular complexity index is 169. The van der Waals surface area contributed by atoms with Gasteiger partial charge in [-0.1, -0.05) is 12.8 Å². The Morgan fingerprint density at radius 3 is 2.43 bits per heavy atom. The average Bonchev–Trinajstić information content (AvgIpc) is 2.89. The van der Waals surface area contributed by atoms with E-state index >= 15 is 0 Å². The SMILES string of the molecule is CNCCN(C)CC1C2CCCCC21. The number of hydrogen-bond acceptors (Lipinski definition) is 2. The molecule has 14 heavy (non-hydrogen) atoms. The zero-order valence-electron chi connectivity index (χ0n) is 9.63. The van der Waals surface area contributed by atoms with Gasteiger partial charge in [-0.2, -0.15) is 0 Å². The lowest BCUT2D eigenvalue weighted by atomic mass is 10.0. The number of nitrogens with zero attached hydrogens (tertiary/aromatic N) is 1. The normalized spacial score (nSPS) is 35.8. The third kappa shape index (κ3) is 2.29. The van der Waals surface area contributed by atoms with Gasteiger partial charge in [-0.15, -0.1) is 0 Å². The first-order valence-electron chi connectivity index (χ1n) is 6.16. The fourth-order valence-electron chi connectivity index (χ4n) is 3.17. The van der Waals surface area contributed by atoms with E-state index in [4.69, 9.17) is 0 Å². The molecule has 2 heteroatoms. The van der Waals surface area contributed by atoms with Crippen LogP contribution in [0.25, 0.3) is 0 Å². The molecule has 0 amide bonds.